The molecule has 1 atom stereocenters. The summed E-state index contributed by atoms with van der Waals surface area (Å²) in [6, 6.07) is 8.96. The number of carbonyl (C=O) groups excluding carboxylic acids is 3. The van der Waals surface area contributed by atoms with Crippen molar-refractivity contribution in [2.45, 2.75) is 26.8 Å². The number of amides is 2. The maximum Gasteiger partial charge on any atom is 0.325 e. The molecular weight excluding hydrogens is 442 g/mol. The van der Waals surface area contributed by atoms with Gasteiger partial charge >= 0.3 is 11.9 Å². The summed E-state index contributed by atoms with van der Waals surface area (Å²) < 4.78 is 6.60. The van der Waals surface area contributed by atoms with E-state index in [-0.39, 0.29) is 30.3 Å². The summed E-state index contributed by atoms with van der Waals surface area (Å²) in [7, 11) is 0. The van der Waals surface area contributed by atoms with E-state index in [0.29, 0.717) is 22.8 Å². The first-order valence-corrected chi connectivity index (χ1v) is 10.5. The highest BCUT2D eigenvalue weighted by Crippen LogP contribution is 2.31. The van der Waals surface area contributed by atoms with Crippen molar-refractivity contribution in [3.8, 4) is 11.3 Å². The van der Waals surface area contributed by atoms with Gasteiger partial charge in [0.1, 0.15) is 24.1 Å². The van der Waals surface area contributed by atoms with Crippen molar-refractivity contribution >= 4 is 40.9 Å². The van der Waals surface area contributed by atoms with Gasteiger partial charge in [-0.1, -0.05) is 12.1 Å². The van der Waals surface area contributed by atoms with Crippen molar-refractivity contribution < 1.29 is 29.0 Å². The van der Waals surface area contributed by atoms with Crippen LogP contribution in [0.5, 0.6) is 0 Å². The minimum atomic E-state index is -1.17. The van der Waals surface area contributed by atoms with Crippen LogP contribution in [0.25, 0.3) is 16.9 Å². The van der Waals surface area contributed by atoms with Gasteiger partial charge in [-0.3, -0.25) is 23.6 Å². The van der Waals surface area contributed by atoms with Crippen LogP contribution >= 0.6 is 0 Å². The molecule has 34 heavy (non-hydrogen) atoms. The third-order valence-corrected chi connectivity index (χ3v) is 4.80. The number of carboxylic acid groups (broad SMARTS) is 1. The Bertz CT molecular complexity index is 1230. The smallest absolute Gasteiger partial charge is 0.325 e. The minimum absolute atomic E-state index is 0.134. The third-order valence-electron chi connectivity index (χ3n) is 4.80. The molecular formula is C23H25N5O6. The van der Waals surface area contributed by atoms with Gasteiger partial charge in [-0.05, 0) is 38.1 Å². The predicted molar refractivity (Wildman–Crippen MR) is 125 cm³/mol. The normalized spacial score (nSPS) is 11.5. The molecule has 4 N–H and O–H groups in total. The number of pyridine rings is 1. The number of esters is 1. The van der Waals surface area contributed by atoms with Crippen LogP contribution in [0.2, 0.25) is 0 Å². The Hall–Kier alpha value is -4.41. The second-order valence-corrected chi connectivity index (χ2v) is 7.37. The first-order valence-electron chi connectivity index (χ1n) is 10.5. The van der Waals surface area contributed by atoms with E-state index in [2.05, 4.69) is 20.9 Å². The topological polar surface area (TPSA) is 151 Å². The molecule has 0 aliphatic heterocycles. The molecule has 3 rings (SSSR count). The molecule has 0 radical (unpaired) electrons. The quantitative estimate of drug-likeness (QED) is 0.350. The number of nitrogens with one attached hydrogen (secondary N) is 3. The van der Waals surface area contributed by atoms with E-state index in [4.69, 9.17) is 9.84 Å². The zero-order valence-electron chi connectivity index (χ0n) is 18.9. The van der Waals surface area contributed by atoms with Gasteiger partial charge in [-0.2, -0.15) is 0 Å². The lowest BCUT2D eigenvalue weighted by Crippen LogP contribution is -2.38. The number of benzene rings is 1. The summed E-state index contributed by atoms with van der Waals surface area (Å²) in [5, 5.41) is 17.2. The molecule has 0 spiro atoms. The molecule has 0 fully saturated rings. The summed E-state index contributed by atoms with van der Waals surface area (Å²) in [5.74, 6) is -2.00. The van der Waals surface area contributed by atoms with Crippen molar-refractivity contribution in [2.75, 3.05) is 23.8 Å². The molecule has 11 heteroatoms. The number of aliphatic carboxylic acids is 1. The van der Waals surface area contributed by atoms with Crippen molar-refractivity contribution in [3.05, 3.63) is 48.2 Å². The first kappa shape index (κ1) is 24.2. The number of fused-ring (bicyclic) bond motifs is 1. The standard InChI is InChI=1S/C23H25N5O6/c1-4-34-18(30)12-24-21-19(15-7-9-16(10-8-15)26-14(3)29)27-20-17(6-5-11-28(20)21)22(31)25-13(2)23(32)33/h5-11,13,24H,4,12H2,1-3H3,(H,25,31)(H,26,29)(H,32,33). The van der Waals surface area contributed by atoms with Crippen LogP contribution in [0.4, 0.5) is 11.5 Å². The second kappa shape index (κ2) is 10.5. The van der Waals surface area contributed by atoms with Crippen molar-refractivity contribution in [3.63, 3.8) is 0 Å². The van der Waals surface area contributed by atoms with Gasteiger partial charge in [0.05, 0.1) is 12.2 Å². The van der Waals surface area contributed by atoms with E-state index in [0.717, 1.165) is 0 Å². The Labute approximate surface area is 195 Å². The van der Waals surface area contributed by atoms with E-state index in [1.165, 1.54) is 19.9 Å². The number of rotatable bonds is 9. The molecule has 0 aliphatic carbocycles. The molecule has 0 aliphatic rings. The van der Waals surface area contributed by atoms with Crippen LogP contribution in [-0.4, -0.2) is 57.4 Å². The Morgan fingerprint density at radius 1 is 1.15 bits per heavy atom. The zero-order valence-corrected chi connectivity index (χ0v) is 18.9. The summed E-state index contributed by atoms with van der Waals surface area (Å²) >= 11 is 0. The van der Waals surface area contributed by atoms with Crippen LogP contribution in [-0.2, 0) is 19.1 Å². The Morgan fingerprint density at radius 3 is 2.47 bits per heavy atom. The monoisotopic (exact) mass is 467 g/mol. The number of carbonyl (C=O) groups is 4. The summed E-state index contributed by atoms with van der Waals surface area (Å²) in [6.45, 7) is 4.57. The molecule has 1 aromatic carbocycles. The van der Waals surface area contributed by atoms with E-state index >= 15 is 0 Å². The van der Waals surface area contributed by atoms with Crippen LogP contribution in [0, 0.1) is 0 Å². The van der Waals surface area contributed by atoms with Crippen LogP contribution in [0.3, 0.4) is 0 Å². The van der Waals surface area contributed by atoms with Gasteiger partial charge in [0.25, 0.3) is 5.91 Å². The summed E-state index contributed by atoms with van der Waals surface area (Å²) in [4.78, 5) is 51.8. The minimum Gasteiger partial charge on any atom is -0.480 e. The van der Waals surface area contributed by atoms with Gasteiger partial charge < -0.3 is 25.8 Å². The third kappa shape index (κ3) is 5.49. The number of hydrogen-bond donors (Lipinski definition) is 4. The van der Waals surface area contributed by atoms with E-state index in [1.54, 1.807) is 47.9 Å². The molecule has 178 valence electrons. The van der Waals surface area contributed by atoms with E-state index in [1.807, 2.05) is 0 Å². The van der Waals surface area contributed by atoms with Crippen molar-refractivity contribution in [1.29, 1.82) is 0 Å². The van der Waals surface area contributed by atoms with Crippen molar-refractivity contribution in [1.82, 2.24) is 14.7 Å². The number of hydrogen-bond acceptors (Lipinski definition) is 7. The van der Waals surface area contributed by atoms with Crippen molar-refractivity contribution in [2.24, 2.45) is 0 Å². The average molecular weight is 467 g/mol. The number of anilines is 2. The van der Waals surface area contributed by atoms with Gasteiger partial charge in [0.2, 0.25) is 5.91 Å². The molecule has 0 saturated carbocycles. The van der Waals surface area contributed by atoms with Crippen LogP contribution in [0.15, 0.2) is 42.6 Å². The fourth-order valence-electron chi connectivity index (χ4n) is 3.23. The molecule has 2 aromatic heterocycles. The molecule has 3 aromatic rings. The highest BCUT2D eigenvalue weighted by atomic mass is 16.5. The van der Waals surface area contributed by atoms with Crippen LogP contribution < -0.4 is 16.0 Å². The number of imidazole rings is 1. The Morgan fingerprint density at radius 2 is 1.85 bits per heavy atom. The fourth-order valence-corrected chi connectivity index (χ4v) is 3.23. The molecule has 0 saturated heterocycles. The second-order valence-electron chi connectivity index (χ2n) is 7.37. The number of ether oxygens (including phenoxy) is 1. The summed E-state index contributed by atoms with van der Waals surface area (Å²) in [5.41, 5.74) is 2.14. The maximum atomic E-state index is 12.8. The maximum absolute atomic E-state index is 12.8. The number of aromatic nitrogens is 2. The summed E-state index contributed by atoms with van der Waals surface area (Å²) in [6.07, 6.45) is 1.67. The van der Waals surface area contributed by atoms with Gasteiger partial charge in [0, 0.05) is 24.4 Å². The Kier molecular flexibility index (Phi) is 7.46. The molecule has 1 unspecified atom stereocenters. The highest BCUT2D eigenvalue weighted by molar-refractivity contribution is 6.02. The lowest BCUT2D eigenvalue weighted by Gasteiger charge is -2.11. The molecule has 0 bridgehead atoms. The van der Waals surface area contributed by atoms with Gasteiger partial charge in [0.15, 0.2) is 5.65 Å². The van der Waals surface area contributed by atoms with Gasteiger partial charge in [-0.15, -0.1) is 0 Å². The van der Waals surface area contributed by atoms with Crippen LogP contribution in [0.1, 0.15) is 31.1 Å². The number of nitrogens with zero attached hydrogens (tertiary/aromatic N) is 2. The Balaban J connectivity index is 2.07. The molecule has 11 nitrogen and oxygen atoms in total. The highest BCUT2D eigenvalue weighted by Gasteiger charge is 2.22. The largest absolute Gasteiger partial charge is 0.480 e. The zero-order chi connectivity index (χ0) is 24.8. The fraction of sp³-hybridized carbons (Fsp3) is 0.261. The van der Waals surface area contributed by atoms with E-state index < -0.39 is 23.9 Å². The predicted octanol–water partition coefficient (Wildman–Crippen LogP) is 2.14. The first-order chi connectivity index (χ1) is 16.2. The lowest BCUT2D eigenvalue weighted by atomic mass is 10.1. The van der Waals surface area contributed by atoms with Gasteiger partial charge in [-0.25, -0.2) is 4.98 Å². The average Bonchev–Trinajstić information content (AvgIpc) is 3.16. The van der Waals surface area contributed by atoms with E-state index in [9.17, 15) is 19.2 Å². The molecule has 2 amide bonds. The lowest BCUT2D eigenvalue weighted by molar-refractivity contribution is -0.141. The molecule has 2 heterocycles. The number of carboxylic acids is 1. The SMILES string of the molecule is CCOC(=O)CNc1c(-c2ccc(NC(C)=O)cc2)nc2c(C(=O)NC(C)C(=O)O)cccn12.